The molecule has 4 heteroatoms. The number of aryl methyl sites for hydroxylation is 1. The van der Waals surface area contributed by atoms with Crippen LogP contribution >= 0.6 is 0 Å². The fraction of sp³-hybridized carbons (Fsp3) is 0.409. The van der Waals surface area contributed by atoms with Crippen molar-refractivity contribution in [3.05, 3.63) is 59.2 Å². The van der Waals surface area contributed by atoms with Crippen molar-refractivity contribution in [2.75, 3.05) is 7.11 Å². The monoisotopic (exact) mass is 355 g/mol. The van der Waals surface area contributed by atoms with Crippen LogP contribution in [0.5, 0.6) is 11.5 Å². The second-order valence-corrected chi connectivity index (χ2v) is 6.93. The maximum atomic E-state index is 12.6. The molecule has 2 rings (SSSR count). The molecule has 0 spiro atoms. The second kappa shape index (κ2) is 8.75. The molecule has 26 heavy (non-hydrogen) atoms. The number of rotatable bonds is 7. The molecule has 0 aromatic heterocycles. The third kappa shape index (κ3) is 4.78. The number of para-hydroxylation sites is 1. The van der Waals surface area contributed by atoms with Crippen LogP contribution < -0.4 is 14.8 Å². The summed E-state index contributed by atoms with van der Waals surface area (Å²) in [4.78, 5) is 12.6. The summed E-state index contributed by atoms with van der Waals surface area (Å²) in [6.45, 7) is 9.97. The van der Waals surface area contributed by atoms with Crippen LogP contribution in [-0.2, 0) is 4.79 Å². The molecule has 140 valence electrons. The van der Waals surface area contributed by atoms with Crippen molar-refractivity contribution in [1.29, 1.82) is 0 Å². The van der Waals surface area contributed by atoms with Crippen LogP contribution in [0, 0.1) is 6.92 Å². The Morgan fingerprint density at radius 2 is 1.65 bits per heavy atom. The Balaban J connectivity index is 2.10. The maximum absolute atomic E-state index is 12.6. The summed E-state index contributed by atoms with van der Waals surface area (Å²) < 4.78 is 11.4. The summed E-state index contributed by atoms with van der Waals surface area (Å²) in [7, 11) is 1.63. The van der Waals surface area contributed by atoms with Gasteiger partial charge < -0.3 is 14.8 Å². The number of benzene rings is 2. The van der Waals surface area contributed by atoms with Gasteiger partial charge in [-0.3, -0.25) is 4.79 Å². The predicted octanol–water partition coefficient (Wildman–Crippen LogP) is 4.77. The lowest BCUT2D eigenvalue weighted by atomic mass is 10.0. The lowest BCUT2D eigenvalue weighted by Gasteiger charge is -2.22. The summed E-state index contributed by atoms with van der Waals surface area (Å²) >= 11 is 0. The van der Waals surface area contributed by atoms with Gasteiger partial charge in [0.1, 0.15) is 11.5 Å². The molecule has 0 saturated carbocycles. The molecule has 0 radical (unpaired) electrons. The SMILES string of the molecule is COc1ccccc1[C@@H](C)NC(=O)[C@@H](C)Oc1cc(C)ccc1C(C)C. The van der Waals surface area contributed by atoms with Crippen molar-refractivity contribution in [2.45, 2.75) is 52.7 Å². The van der Waals surface area contributed by atoms with Crippen LogP contribution in [0.1, 0.15) is 56.3 Å². The number of ether oxygens (including phenoxy) is 2. The van der Waals surface area contributed by atoms with Crippen molar-refractivity contribution >= 4 is 5.91 Å². The first-order chi connectivity index (χ1) is 12.3. The van der Waals surface area contributed by atoms with Crippen molar-refractivity contribution in [2.24, 2.45) is 0 Å². The van der Waals surface area contributed by atoms with Crippen molar-refractivity contribution in [3.8, 4) is 11.5 Å². The third-order valence-electron chi connectivity index (χ3n) is 4.43. The zero-order valence-corrected chi connectivity index (χ0v) is 16.5. The highest BCUT2D eigenvalue weighted by atomic mass is 16.5. The molecule has 0 heterocycles. The van der Waals surface area contributed by atoms with E-state index in [4.69, 9.17) is 9.47 Å². The fourth-order valence-electron chi connectivity index (χ4n) is 2.90. The predicted molar refractivity (Wildman–Crippen MR) is 105 cm³/mol. The molecule has 4 nitrogen and oxygen atoms in total. The van der Waals surface area contributed by atoms with E-state index in [1.165, 1.54) is 0 Å². The van der Waals surface area contributed by atoms with Crippen molar-refractivity contribution in [3.63, 3.8) is 0 Å². The Morgan fingerprint density at radius 1 is 0.962 bits per heavy atom. The lowest BCUT2D eigenvalue weighted by Crippen LogP contribution is -2.38. The molecule has 0 aliphatic heterocycles. The standard InChI is InChI=1S/C22H29NO3/c1-14(2)18-12-11-15(3)13-21(18)26-17(5)22(24)23-16(4)19-9-7-8-10-20(19)25-6/h7-14,16-17H,1-6H3,(H,23,24)/t16-,17-/m1/s1. The highest BCUT2D eigenvalue weighted by Gasteiger charge is 2.21. The molecule has 0 unspecified atom stereocenters. The Morgan fingerprint density at radius 3 is 2.31 bits per heavy atom. The number of carbonyl (C=O) groups excluding carboxylic acids is 1. The molecule has 2 atom stereocenters. The molecule has 1 N–H and O–H groups in total. The van der Waals surface area contributed by atoms with Crippen LogP contribution in [0.2, 0.25) is 0 Å². The number of hydrogen-bond acceptors (Lipinski definition) is 3. The zero-order chi connectivity index (χ0) is 19.3. The Bertz CT molecular complexity index is 755. The number of nitrogens with one attached hydrogen (secondary N) is 1. The van der Waals surface area contributed by atoms with E-state index in [9.17, 15) is 4.79 Å². The van der Waals surface area contributed by atoms with Gasteiger partial charge in [0, 0.05) is 5.56 Å². The normalized spacial score (nSPS) is 13.2. The van der Waals surface area contributed by atoms with Gasteiger partial charge in [0.05, 0.1) is 13.2 Å². The van der Waals surface area contributed by atoms with E-state index in [2.05, 4.69) is 31.3 Å². The minimum Gasteiger partial charge on any atom is -0.496 e. The van der Waals surface area contributed by atoms with E-state index < -0.39 is 6.10 Å². The smallest absolute Gasteiger partial charge is 0.261 e. The first kappa shape index (κ1) is 19.8. The van der Waals surface area contributed by atoms with Crippen molar-refractivity contribution in [1.82, 2.24) is 5.32 Å². The second-order valence-electron chi connectivity index (χ2n) is 6.93. The molecular formula is C22H29NO3. The number of carbonyl (C=O) groups is 1. The lowest BCUT2D eigenvalue weighted by molar-refractivity contribution is -0.127. The van der Waals surface area contributed by atoms with Gasteiger partial charge in [-0.15, -0.1) is 0 Å². The van der Waals surface area contributed by atoms with E-state index in [1.54, 1.807) is 14.0 Å². The minimum absolute atomic E-state index is 0.153. The summed E-state index contributed by atoms with van der Waals surface area (Å²) in [5.41, 5.74) is 3.15. The van der Waals surface area contributed by atoms with Crippen LogP contribution in [0.4, 0.5) is 0 Å². The summed E-state index contributed by atoms with van der Waals surface area (Å²) in [6.07, 6.45) is -0.591. The topological polar surface area (TPSA) is 47.6 Å². The van der Waals surface area contributed by atoms with E-state index >= 15 is 0 Å². The molecule has 1 amide bonds. The van der Waals surface area contributed by atoms with Crippen LogP contribution in [-0.4, -0.2) is 19.1 Å². The van der Waals surface area contributed by atoms with E-state index in [0.29, 0.717) is 5.92 Å². The van der Waals surface area contributed by atoms with Gasteiger partial charge >= 0.3 is 0 Å². The fourth-order valence-corrected chi connectivity index (χ4v) is 2.90. The summed E-state index contributed by atoms with van der Waals surface area (Å²) in [6, 6.07) is 13.6. The number of hydrogen-bond donors (Lipinski definition) is 1. The number of methoxy groups -OCH3 is 1. The Kier molecular flexibility index (Phi) is 6.67. The highest BCUT2D eigenvalue weighted by molar-refractivity contribution is 5.81. The third-order valence-corrected chi connectivity index (χ3v) is 4.43. The molecule has 0 fully saturated rings. The largest absolute Gasteiger partial charge is 0.496 e. The molecule has 0 bridgehead atoms. The van der Waals surface area contributed by atoms with Gasteiger partial charge in [-0.2, -0.15) is 0 Å². The van der Waals surface area contributed by atoms with Gasteiger partial charge in [-0.05, 0) is 49.9 Å². The van der Waals surface area contributed by atoms with E-state index in [1.807, 2.05) is 44.2 Å². The molecule has 0 saturated heterocycles. The van der Waals surface area contributed by atoms with E-state index in [-0.39, 0.29) is 11.9 Å². The Labute approximate surface area is 156 Å². The Hall–Kier alpha value is -2.49. The van der Waals surface area contributed by atoms with Gasteiger partial charge in [0.2, 0.25) is 0 Å². The molecule has 2 aromatic carbocycles. The highest BCUT2D eigenvalue weighted by Crippen LogP contribution is 2.29. The summed E-state index contributed by atoms with van der Waals surface area (Å²) in [5.74, 6) is 1.70. The van der Waals surface area contributed by atoms with Crippen LogP contribution in [0.3, 0.4) is 0 Å². The molecule has 2 aromatic rings. The molecular weight excluding hydrogens is 326 g/mol. The molecule has 0 aliphatic rings. The van der Waals surface area contributed by atoms with Crippen LogP contribution in [0.25, 0.3) is 0 Å². The first-order valence-corrected chi connectivity index (χ1v) is 9.04. The average molecular weight is 355 g/mol. The first-order valence-electron chi connectivity index (χ1n) is 9.04. The van der Waals surface area contributed by atoms with Crippen LogP contribution in [0.15, 0.2) is 42.5 Å². The van der Waals surface area contributed by atoms with Gasteiger partial charge in [-0.25, -0.2) is 0 Å². The van der Waals surface area contributed by atoms with E-state index in [0.717, 1.165) is 28.2 Å². The summed E-state index contributed by atoms with van der Waals surface area (Å²) in [5, 5.41) is 3.01. The minimum atomic E-state index is -0.591. The average Bonchev–Trinajstić information content (AvgIpc) is 2.61. The maximum Gasteiger partial charge on any atom is 0.261 e. The quantitative estimate of drug-likeness (QED) is 0.778. The van der Waals surface area contributed by atoms with Gasteiger partial charge in [0.25, 0.3) is 5.91 Å². The molecule has 0 aliphatic carbocycles. The zero-order valence-electron chi connectivity index (χ0n) is 16.5. The van der Waals surface area contributed by atoms with Gasteiger partial charge in [-0.1, -0.05) is 44.2 Å². The van der Waals surface area contributed by atoms with Gasteiger partial charge in [0.15, 0.2) is 6.10 Å². The van der Waals surface area contributed by atoms with Crippen molar-refractivity contribution < 1.29 is 14.3 Å². The number of amides is 1.